The first-order valence-electron chi connectivity index (χ1n) is 7.40. The number of rotatable bonds is 4. The molecule has 0 aliphatic heterocycles. The zero-order valence-electron chi connectivity index (χ0n) is 12.7. The van der Waals surface area contributed by atoms with Gasteiger partial charge in [-0.1, -0.05) is 13.8 Å². The van der Waals surface area contributed by atoms with Gasteiger partial charge in [0.15, 0.2) is 0 Å². The monoisotopic (exact) mass is 264 g/mol. The van der Waals surface area contributed by atoms with E-state index in [1.54, 1.807) is 0 Å². The van der Waals surface area contributed by atoms with E-state index < -0.39 is 0 Å². The van der Waals surface area contributed by atoms with Crippen LogP contribution in [0, 0.1) is 11.8 Å². The molecule has 1 aromatic heterocycles. The Bertz CT molecular complexity index is 399. The lowest BCUT2D eigenvalue weighted by Gasteiger charge is -2.40. The van der Waals surface area contributed by atoms with E-state index >= 15 is 0 Å². The molecule has 1 aliphatic carbocycles. The normalized spacial score (nSPS) is 28.3. The van der Waals surface area contributed by atoms with Crippen LogP contribution in [0.5, 0.6) is 0 Å². The molecule has 2 N–H and O–H groups in total. The predicted octanol–water partition coefficient (Wildman–Crippen LogP) is 2.00. The molecule has 0 bridgehead atoms. The predicted molar refractivity (Wildman–Crippen MR) is 78.6 cm³/mol. The summed E-state index contributed by atoms with van der Waals surface area (Å²) in [5, 5.41) is 4.24. The molecule has 19 heavy (non-hydrogen) atoms. The fourth-order valence-electron chi connectivity index (χ4n) is 3.27. The Morgan fingerprint density at radius 3 is 2.79 bits per heavy atom. The summed E-state index contributed by atoms with van der Waals surface area (Å²) in [5.74, 6) is 1.59. The minimum Gasteiger partial charge on any atom is -0.326 e. The Labute approximate surface area is 117 Å². The Morgan fingerprint density at radius 2 is 2.21 bits per heavy atom. The molecule has 1 aromatic rings. The highest BCUT2D eigenvalue weighted by molar-refractivity contribution is 5.04. The van der Waals surface area contributed by atoms with Gasteiger partial charge in [0.1, 0.15) is 0 Å². The molecule has 1 heterocycles. The lowest BCUT2D eigenvalue weighted by atomic mass is 9.76. The average Bonchev–Trinajstić information content (AvgIpc) is 2.74. The second-order valence-corrected chi connectivity index (χ2v) is 6.49. The Morgan fingerprint density at radius 1 is 1.47 bits per heavy atom. The van der Waals surface area contributed by atoms with Crippen molar-refractivity contribution in [3.8, 4) is 0 Å². The van der Waals surface area contributed by atoms with Gasteiger partial charge >= 0.3 is 0 Å². The van der Waals surface area contributed by atoms with E-state index in [0.717, 1.165) is 24.8 Å². The summed E-state index contributed by atoms with van der Waals surface area (Å²) >= 11 is 0. The van der Waals surface area contributed by atoms with Gasteiger partial charge in [-0.15, -0.1) is 0 Å². The van der Waals surface area contributed by atoms with E-state index in [1.807, 2.05) is 17.9 Å². The first-order valence-corrected chi connectivity index (χ1v) is 7.40. The number of aromatic nitrogens is 2. The Kier molecular flexibility index (Phi) is 4.63. The second kappa shape index (κ2) is 6.06. The standard InChI is InChI=1S/C15H28N4/c1-11(2)13-5-6-14(16)15(7-13)18(3)9-12-8-17-19(4)10-12/h8,10-11,13-15H,5-7,9,16H2,1-4H3. The molecule has 4 nitrogen and oxygen atoms in total. The van der Waals surface area contributed by atoms with Gasteiger partial charge in [-0.2, -0.15) is 5.10 Å². The van der Waals surface area contributed by atoms with Gasteiger partial charge < -0.3 is 5.73 Å². The average molecular weight is 264 g/mol. The number of hydrogen-bond acceptors (Lipinski definition) is 3. The van der Waals surface area contributed by atoms with Crippen molar-refractivity contribution in [2.24, 2.45) is 24.6 Å². The van der Waals surface area contributed by atoms with Gasteiger partial charge in [0, 0.05) is 37.4 Å². The number of nitrogens with zero attached hydrogens (tertiary/aromatic N) is 3. The van der Waals surface area contributed by atoms with Gasteiger partial charge in [0.05, 0.1) is 6.20 Å². The quantitative estimate of drug-likeness (QED) is 0.905. The van der Waals surface area contributed by atoms with Crippen molar-refractivity contribution in [3.63, 3.8) is 0 Å². The smallest absolute Gasteiger partial charge is 0.0534 e. The highest BCUT2D eigenvalue weighted by Gasteiger charge is 2.32. The number of aryl methyl sites for hydroxylation is 1. The van der Waals surface area contributed by atoms with Crippen molar-refractivity contribution >= 4 is 0 Å². The Balaban J connectivity index is 1.98. The third kappa shape index (κ3) is 3.57. The van der Waals surface area contributed by atoms with E-state index in [4.69, 9.17) is 5.73 Å². The number of likely N-dealkylation sites (N-methyl/N-ethyl adjacent to an activating group) is 1. The lowest BCUT2D eigenvalue weighted by Crippen LogP contribution is -2.50. The molecular formula is C15H28N4. The zero-order chi connectivity index (χ0) is 14.0. The van der Waals surface area contributed by atoms with E-state index in [9.17, 15) is 0 Å². The summed E-state index contributed by atoms with van der Waals surface area (Å²) in [7, 11) is 4.16. The van der Waals surface area contributed by atoms with Crippen LogP contribution in [0.2, 0.25) is 0 Å². The first kappa shape index (κ1) is 14.5. The molecule has 0 radical (unpaired) electrons. The maximum absolute atomic E-state index is 6.34. The van der Waals surface area contributed by atoms with Crippen molar-refractivity contribution in [2.75, 3.05) is 7.05 Å². The largest absolute Gasteiger partial charge is 0.326 e. The van der Waals surface area contributed by atoms with Crippen LogP contribution in [0.4, 0.5) is 0 Å². The highest BCUT2D eigenvalue weighted by Crippen LogP contribution is 2.32. The van der Waals surface area contributed by atoms with E-state index in [2.05, 4.69) is 37.1 Å². The molecule has 1 aliphatic rings. The summed E-state index contributed by atoms with van der Waals surface area (Å²) in [6.07, 6.45) is 7.71. The first-order chi connectivity index (χ1) is 8.97. The van der Waals surface area contributed by atoms with Crippen LogP contribution in [-0.4, -0.2) is 33.8 Å². The molecular weight excluding hydrogens is 236 g/mol. The molecule has 2 rings (SSSR count). The summed E-state index contributed by atoms with van der Waals surface area (Å²) in [5.41, 5.74) is 7.61. The maximum atomic E-state index is 6.34. The van der Waals surface area contributed by atoms with Gasteiger partial charge in [0.25, 0.3) is 0 Å². The van der Waals surface area contributed by atoms with Gasteiger partial charge in [-0.3, -0.25) is 9.58 Å². The third-order valence-electron chi connectivity index (χ3n) is 4.61. The fraction of sp³-hybridized carbons (Fsp3) is 0.800. The van der Waals surface area contributed by atoms with Crippen molar-refractivity contribution < 1.29 is 0 Å². The summed E-state index contributed by atoms with van der Waals surface area (Å²) in [6, 6.07) is 0.818. The Hall–Kier alpha value is -0.870. The topological polar surface area (TPSA) is 47.1 Å². The van der Waals surface area contributed by atoms with Crippen LogP contribution in [0.3, 0.4) is 0 Å². The summed E-state index contributed by atoms with van der Waals surface area (Å²) in [4.78, 5) is 2.41. The second-order valence-electron chi connectivity index (χ2n) is 6.49. The number of nitrogens with two attached hydrogens (primary N) is 1. The molecule has 0 aromatic carbocycles. The molecule has 3 atom stereocenters. The van der Waals surface area contributed by atoms with Crippen LogP contribution in [0.1, 0.15) is 38.7 Å². The van der Waals surface area contributed by atoms with Gasteiger partial charge in [-0.05, 0) is 38.1 Å². The van der Waals surface area contributed by atoms with E-state index in [-0.39, 0.29) is 0 Å². The summed E-state index contributed by atoms with van der Waals surface area (Å²) < 4.78 is 1.86. The van der Waals surface area contributed by atoms with Crippen molar-refractivity contribution in [1.82, 2.24) is 14.7 Å². The van der Waals surface area contributed by atoms with Crippen molar-refractivity contribution in [2.45, 2.75) is 51.7 Å². The van der Waals surface area contributed by atoms with Crippen LogP contribution in [0.25, 0.3) is 0 Å². The van der Waals surface area contributed by atoms with Crippen molar-refractivity contribution in [3.05, 3.63) is 18.0 Å². The van der Waals surface area contributed by atoms with Gasteiger partial charge in [-0.25, -0.2) is 0 Å². The van der Waals surface area contributed by atoms with Gasteiger partial charge in [0.2, 0.25) is 0 Å². The summed E-state index contributed by atoms with van der Waals surface area (Å²) in [6.45, 7) is 5.61. The molecule has 108 valence electrons. The SMILES string of the molecule is CC(C)C1CCC(N)C(N(C)Cc2cnn(C)c2)C1. The third-order valence-corrected chi connectivity index (χ3v) is 4.61. The number of hydrogen-bond donors (Lipinski definition) is 1. The van der Waals surface area contributed by atoms with Crippen LogP contribution >= 0.6 is 0 Å². The fourth-order valence-corrected chi connectivity index (χ4v) is 3.27. The lowest BCUT2D eigenvalue weighted by molar-refractivity contribution is 0.113. The molecule has 0 spiro atoms. The molecule has 1 saturated carbocycles. The minimum absolute atomic E-state index is 0.316. The molecule has 4 heteroatoms. The van der Waals surface area contributed by atoms with Crippen LogP contribution in [-0.2, 0) is 13.6 Å². The maximum Gasteiger partial charge on any atom is 0.0534 e. The zero-order valence-corrected chi connectivity index (χ0v) is 12.7. The van der Waals surface area contributed by atoms with Crippen LogP contribution < -0.4 is 5.73 Å². The molecule has 0 saturated heterocycles. The molecule has 3 unspecified atom stereocenters. The highest BCUT2D eigenvalue weighted by atomic mass is 15.2. The van der Waals surface area contributed by atoms with Crippen molar-refractivity contribution in [1.29, 1.82) is 0 Å². The van der Waals surface area contributed by atoms with E-state index in [0.29, 0.717) is 12.1 Å². The minimum atomic E-state index is 0.316. The van der Waals surface area contributed by atoms with E-state index in [1.165, 1.54) is 18.4 Å². The van der Waals surface area contributed by atoms with Crippen LogP contribution in [0.15, 0.2) is 12.4 Å². The molecule has 0 amide bonds. The molecule has 1 fully saturated rings.